The van der Waals surface area contributed by atoms with Gasteiger partial charge in [-0.2, -0.15) is 0 Å². The second-order valence-corrected chi connectivity index (χ2v) is 6.77. The molecule has 1 aliphatic rings. The Labute approximate surface area is 150 Å². The van der Waals surface area contributed by atoms with Gasteiger partial charge in [0.05, 0.1) is 0 Å². The minimum absolute atomic E-state index is 0.211. The number of nitrogens with two attached hydrogens (primary N) is 1. The number of carbonyl (C=O) groups is 1. The number of primary amides is 1. The van der Waals surface area contributed by atoms with E-state index >= 15 is 0 Å². The van der Waals surface area contributed by atoms with Crippen LogP contribution in [0.15, 0.2) is 54.6 Å². The van der Waals surface area contributed by atoms with Crippen LogP contribution in [0.25, 0.3) is 0 Å². The second-order valence-electron chi connectivity index (χ2n) is 6.77. The summed E-state index contributed by atoms with van der Waals surface area (Å²) in [5.74, 6) is -0.211. The number of hydrogen-bond donors (Lipinski definition) is 1. The van der Waals surface area contributed by atoms with Crippen molar-refractivity contribution in [1.29, 1.82) is 0 Å². The molecule has 2 aromatic carbocycles. The summed E-state index contributed by atoms with van der Waals surface area (Å²) in [6, 6.07) is 19.4. The predicted octanol–water partition coefficient (Wildman–Crippen LogP) is 2.27. The first-order chi connectivity index (χ1) is 12.2. The molecule has 0 radical (unpaired) electrons. The van der Waals surface area contributed by atoms with Crippen molar-refractivity contribution >= 4 is 5.91 Å². The summed E-state index contributed by atoms with van der Waals surface area (Å²) >= 11 is 0. The van der Waals surface area contributed by atoms with E-state index in [4.69, 9.17) is 5.73 Å². The third-order valence-electron chi connectivity index (χ3n) is 4.89. The van der Waals surface area contributed by atoms with Gasteiger partial charge in [-0.3, -0.25) is 9.69 Å². The largest absolute Gasteiger partial charge is 0.370 e. The zero-order valence-electron chi connectivity index (χ0n) is 14.7. The molecule has 4 nitrogen and oxygen atoms in total. The molecule has 0 saturated carbocycles. The van der Waals surface area contributed by atoms with Gasteiger partial charge in [-0.05, 0) is 23.1 Å². The van der Waals surface area contributed by atoms with Crippen molar-refractivity contribution in [3.8, 4) is 0 Å². The molecule has 4 heteroatoms. The van der Waals surface area contributed by atoms with E-state index in [1.165, 1.54) is 16.7 Å². The van der Waals surface area contributed by atoms with Crippen molar-refractivity contribution in [3.63, 3.8) is 0 Å². The van der Waals surface area contributed by atoms with Gasteiger partial charge in [0.25, 0.3) is 0 Å². The molecule has 0 atom stereocenters. The van der Waals surface area contributed by atoms with Crippen molar-refractivity contribution in [2.24, 2.45) is 5.73 Å². The third kappa shape index (κ3) is 5.41. The van der Waals surface area contributed by atoms with Gasteiger partial charge in [-0.25, -0.2) is 0 Å². The molecule has 0 unspecified atom stereocenters. The molecule has 0 aromatic heterocycles. The van der Waals surface area contributed by atoms with Gasteiger partial charge in [-0.1, -0.05) is 54.6 Å². The fraction of sp³-hybridized carbons (Fsp3) is 0.381. The maximum absolute atomic E-state index is 10.9. The number of nitrogens with zero attached hydrogens (tertiary/aromatic N) is 2. The molecule has 25 heavy (non-hydrogen) atoms. The number of hydrogen-bond acceptors (Lipinski definition) is 3. The van der Waals surface area contributed by atoms with E-state index in [2.05, 4.69) is 64.4 Å². The molecule has 2 aromatic rings. The Morgan fingerprint density at radius 2 is 1.44 bits per heavy atom. The lowest BCUT2D eigenvalue weighted by Gasteiger charge is -2.34. The van der Waals surface area contributed by atoms with E-state index < -0.39 is 0 Å². The van der Waals surface area contributed by atoms with Crippen LogP contribution in [0.1, 0.15) is 23.1 Å². The van der Waals surface area contributed by atoms with Gasteiger partial charge in [0.15, 0.2) is 0 Å². The van der Waals surface area contributed by atoms with E-state index in [9.17, 15) is 4.79 Å². The average Bonchev–Trinajstić information content (AvgIpc) is 2.63. The maximum Gasteiger partial charge on any atom is 0.218 e. The van der Waals surface area contributed by atoms with Gasteiger partial charge in [0.1, 0.15) is 0 Å². The van der Waals surface area contributed by atoms with Crippen molar-refractivity contribution in [3.05, 3.63) is 71.3 Å². The van der Waals surface area contributed by atoms with Crippen LogP contribution in [0.4, 0.5) is 0 Å². The summed E-state index contributed by atoms with van der Waals surface area (Å²) in [6.45, 7) is 5.87. The summed E-state index contributed by atoms with van der Waals surface area (Å²) in [5, 5.41) is 0. The first-order valence-electron chi connectivity index (χ1n) is 9.04. The first-order valence-corrected chi connectivity index (χ1v) is 9.04. The van der Waals surface area contributed by atoms with Crippen LogP contribution in [-0.2, 0) is 17.8 Å². The van der Waals surface area contributed by atoms with Gasteiger partial charge in [-0.15, -0.1) is 0 Å². The number of carbonyl (C=O) groups excluding carboxylic acids is 1. The Kier molecular flexibility index (Phi) is 6.20. The highest BCUT2D eigenvalue weighted by Crippen LogP contribution is 2.17. The second kappa shape index (κ2) is 8.79. The topological polar surface area (TPSA) is 49.6 Å². The van der Waals surface area contributed by atoms with Crippen molar-refractivity contribution in [1.82, 2.24) is 9.80 Å². The molecule has 0 aliphatic carbocycles. The van der Waals surface area contributed by atoms with Crippen LogP contribution in [0.2, 0.25) is 0 Å². The zero-order chi connectivity index (χ0) is 17.5. The molecule has 0 spiro atoms. The maximum atomic E-state index is 10.9. The van der Waals surface area contributed by atoms with Crippen molar-refractivity contribution in [2.75, 3.05) is 32.7 Å². The Morgan fingerprint density at radius 1 is 0.840 bits per heavy atom. The summed E-state index contributed by atoms with van der Waals surface area (Å²) < 4.78 is 0. The number of rotatable bonds is 7. The van der Waals surface area contributed by atoms with Crippen LogP contribution in [0, 0.1) is 0 Å². The highest BCUT2D eigenvalue weighted by molar-refractivity contribution is 5.73. The number of benzene rings is 2. The van der Waals surface area contributed by atoms with E-state index in [0.717, 1.165) is 45.7 Å². The molecule has 132 valence electrons. The molecule has 1 heterocycles. The Bertz CT molecular complexity index is 679. The number of piperazine rings is 1. The Balaban J connectivity index is 1.56. The first kappa shape index (κ1) is 17.6. The molecule has 3 rings (SSSR count). The van der Waals surface area contributed by atoms with E-state index in [1.807, 2.05) is 0 Å². The molecular weight excluding hydrogens is 310 g/mol. The van der Waals surface area contributed by atoms with Gasteiger partial charge >= 0.3 is 0 Å². The molecule has 1 amide bonds. The average molecular weight is 337 g/mol. The summed E-state index contributed by atoms with van der Waals surface area (Å²) in [5.41, 5.74) is 9.42. The lowest BCUT2D eigenvalue weighted by atomic mass is 9.99. The van der Waals surface area contributed by atoms with Crippen LogP contribution in [0.5, 0.6) is 0 Å². The molecule has 2 N–H and O–H groups in total. The summed E-state index contributed by atoms with van der Waals surface area (Å²) in [6.07, 6.45) is 1.44. The molecule has 1 saturated heterocycles. The normalized spacial score (nSPS) is 16.0. The third-order valence-corrected chi connectivity index (χ3v) is 4.89. The minimum Gasteiger partial charge on any atom is -0.370 e. The molecular formula is C21H27N3O. The highest BCUT2D eigenvalue weighted by atomic mass is 16.1. The Hall–Kier alpha value is -2.17. The number of amides is 1. The predicted molar refractivity (Wildman–Crippen MR) is 101 cm³/mol. The minimum atomic E-state index is -0.211. The molecule has 1 aliphatic heterocycles. The Morgan fingerprint density at radius 3 is 2.12 bits per heavy atom. The van der Waals surface area contributed by atoms with E-state index in [1.54, 1.807) is 0 Å². The van der Waals surface area contributed by atoms with Crippen molar-refractivity contribution in [2.45, 2.75) is 19.4 Å². The van der Waals surface area contributed by atoms with Crippen LogP contribution in [0.3, 0.4) is 0 Å². The SMILES string of the molecule is NC(=O)CCN1CCN(Cc2ccccc2Cc2ccccc2)CC1. The quantitative estimate of drug-likeness (QED) is 0.843. The lowest BCUT2D eigenvalue weighted by molar-refractivity contribution is -0.118. The van der Waals surface area contributed by atoms with Gasteiger partial charge in [0, 0.05) is 45.7 Å². The van der Waals surface area contributed by atoms with Crippen LogP contribution >= 0.6 is 0 Å². The van der Waals surface area contributed by atoms with Crippen LogP contribution in [-0.4, -0.2) is 48.4 Å². The van der Waals surface area contributed by atoms with Gasteiger partial charge < -0.3 is 10.6 Å². The molecule has 0 bridgehead atoms. The van der Waals surface area contributed by atoms with Crippen molar-refractivity contribution < 1.29 is 4.79 Å². The molecule has 1 fully saturated rings. The standard InChI is InChI=1S/C21H27N3O/c22-21(25)10-11-23-12-14-24(15-13-23)17-20-9-5-4-8-19(20)16-18-6-2-1-3-7-18/h1-9H,10-17H2,(H2,22,25). The zero-order valence-corrected chi connectivity index (χ0v) is 14.7. The van der Waals surface area contributed by atoms with E-state index in [0.29, 0.717) is 6.42 Å². The highest BCUT2D eigenvalue weighted by Gasteiger charge is 2.18. The van der Waals surface area contributed by atoms with Crippen LogP contribution < -0.4 is 5.73 Å². The lowest BCUT2D eigenvalue weighted by Crippen LogP contribution is -2.46. The van der Waals surface area contributed by atoms with E-state index in [-0.39, 0.29) is 5.91 Å². The smallest absolute Gasteiger partial charge is 0.218 e. The fourth-order valence-electron chi connectivity index (χ4n) is 3.38. The van der Waals surface area contributed by atoms with Gasteiger partial charge in [0.2, 0.25) is 5.91 Å². The summed E-state index contributed by atoms with van der Waals surface area (Å²) in [4.78, 5) is 15.8. The monoisotopic (exact) mass is 337 g/mol. The fourth-order valence-corrected chi connectivity index (χ4v) is 3.38. The summed E-state index contributed by atoms with van der Waals surface area (Å²) in [7, 11) is 0.